The maximum Gasteiger partial charge on any atom is 0.408 e. The van der Waals surface area contributed by atoms with Gasteiger partial charge in [-0.25, -0.2) is 4.79 Å². The third kappa shape index (κ3) is 1.11. The van der Waals surface area contributed by atoms with Gasteiger partial charge < -0.3 is 10.2 Å². The smallest absolute Gasteiger partial charge is 0.408 e. The number of carbonyl (C=O) groups is 1. The zero-order valence-electron chi connectivity index (χ0n) is 5.40. The first kappa shape index (κ1) is 7.08. The third-order valence-corrected chi connectivity index (χ3v) is 1.49. The molecule has 4 heteroatoms. The zero-order valence-corrected chi connectivity index (χ0v) is 5.40. The summed E-state index contributed by atoms with van der Waals surface area (Å²) >= 11 is 0. The van der Waals surface area contributed by atoms with Gasteiger partial charge in [-0.05, 0) is 0 Å². The molecule has 0 aromatic carbocycles. The minimum absolute atomic E-state index is 0.136. The van der Waals surface area contributed by atoms with E-state index in [4.69, 9.17) is 10.2 Å². The average molecular weight is 143 g/mol. The number of nitrogens with zero attached hydrogens (tertiary/aromatic N) is 1. The van der Waals surface area contributed by atoms with Crippen molar-refractivity contribution in [3.8, 4) is 0 Å². The summed E-state index contributed by atoms with van der Waals surface area (Å²) in [5.41, 5.74) is 0. The van der Waals surface area contributed by atoms with Gasteiger partial charge in [0.05, 0.1) is 12.6 Å². The van der Waals surface area contributed by atoms with Crippen LogP contribution in [0.4, 0.5) is 4.79 Å². The van der Waals surface area contributed by atoms with Crippen LogP contribution < -0.4 is 0 Å². The first-order valence-corrected chi connectivity index (χ1v) is 3.03. The van der Waals surface area contributed by atoms with Gasteiger partial charge in [0.15, 0.2) is 0 Å². The van der Waals surface area contributed by atoms with Crippen molar-refractivity contribution in [3.63, 3.8) is 0 Å². The second-order valence-corrected chi connectivity index (χ2v) is 2.11. The Morgan fingerprint density at radius 1 is 1.80 bits per heavy atom. The maximum absolute atomic E-state index is 10.3. The van der Waals surface area contributed by atoms with Gasteiger partial charge in [0.1, 0.15) is 0 Å². The average Bonchev–Trinajstić information content (AvgIpc) is 2.33. The van der Waals surface area contributed by atoms with E-state index in [0.717, 1.165) is 0 Å². The molecule has 0 fully saturated rings. The first-order valence-electron chi connectivity index (χ1n) is 3.03. The van der Waals surface area contributed by atoms with E-state index in [1.54, 1.807) is 12.2 Å². The monoisotopic (exact) mass is 143 g/mol. The third-order valence-electron chi connectivity index (χ3n) is 1.49. The fourth-order valence-corrected chi connectivity index (χ4v) is 0.950. The topological polar surface area (TPSA) is 60.8 Å². The molecule has 1 aliphatic heterocycles. The number of hydrogen-bond donors (Lipinski definition) is 2. The lowest BCUT2D eigenvalue weighted by Crippen LogP contribution is -2.36. The minimum Gasteiger partial charge on any atom is -0.465 e. The number of carboxylic acid groups (broad SMARTS) is 1. The molecule has 2 N–H and O–H groups in total. The maximum atomic E-state index is 10.3. The summed E-state index contributed by atoms with van der Waals surface area (Å²) in [5.74, 6) is 0. The van der Waals surface area contributed by atoms with Crippen molar-refractivity contribution in [1.29, 1.82) is 0 Å². The van der Waals surface area contributed by atoms with Crippen LogP contribution >= 0.6 is 0 Å². The Labute approximate surface area is 58.4 Å². The highest BCUT2D eigenvalue weighted by Gasteiger charge is 2.22. The lowest BCUT2D eigenvalue weighted by atomic mass is 10.3. The van der Waals surface area contributed by atoms with Gasteiger partial charge in [-0.1, -0.05) is 12.2 Å². The lowest BCUT2D eigenvalue weighted by Gasteiger charge is -2.18. The van der Waals surface area contributed by atoms with Crippen LogP contribution in [0.15, 0.2) is 12.2 Å². The fourth-order valence-electron chi connectivity index (χ4n) is 0.950. The molecule has 56 valence electrons. The van der Waals surface area contributed by atoms with Crippen molar-refractivity contribution >= 4 is 6.09 Å². The van der Waals surface area contributed by atoms with Crippen LogP contribution in [0, 0.1) is 0 Å². The number of aliphatic hydroxyl groups excluding tert-OH is 1. The van der Waals surface area contributed by atoms with Crippen LogP contribution in [-0.2, 0) is 0 Å². The summed E-state index contributed by atoms with van der Waals surface area (Å²) in [7, 11) is 0. The molecule has 1 rings (SSSR count). The molecule has 0 aliphatic carbocycles. The molecule has 0 aromatic rings. The summed E-state index contributed by atoms with van der Waals surface area (Å²) < 4.78 is 0. The summed E-state index contributed by atoms with van der Waals surface area (Å²) in [5, 5.41) is 17.1. The van der Waals surface area contributed by atoms with E-state index in [1.165, 1.54) is 4.90 Å². The van der Waals surface area contributed by atoms with Crippen molar-refractivity contribution in [2.45, 2.75) is 6.04 Å². The standard InChI is InChI=1S/C6H9NO3/c8-4-5-2-1-3-7(5)6(9)10/h1-2,5,8H,3-4H2,(H,9,10). The van der Waals surface area contributed by atoms with Gasteiger partial charge in [-0.15, -0.1) is 0 Å². The van der Waals surface area contributed by atoms with Gasteiger partial charge in [0, 0.05) is 6.54 Å². The molecule has 0 saturated heterocycles. The van der Waals surface area contributed by atoms with E-state index < -0.39 is 6.09 Å². The van der Waals surface area contributed by atoms with Crippen LogP contribution in [-0.4, -0.2) is 40.4 Å². The molecular weight excluding hydrogens is 134 g/mol. The number of hydrogen-bond acceptors (Lipinski definition) is 2. The highest BCUT2D eigenvalue weighted by molar-refractivity contribution is 5.66. The van der Waals surface area contributed by atoms with Gasteiger partial charge in [-0.3, -0.25) is 4.90 Å². The Hall–Kier alpha value is -1.03. The predicted octanol–water partition coefficient (Wildman–Crippen LogP) is -0.103. The molecule has 1 atom stereocenters. The van der Waals surface area contributed by atoms with Gasteiger partial charge in [0.2, 0.25) is 0 Å². The van der Waals surface area contributed by atoms with Gasteiger partial charge in [0.25, 0.3) is 0 Å². The number of rotatable bonds is 1. The molecule has 1 heterocycles. The Balaban J connectivity index is 2.56. The Morgan fingerprint density at radius 2 is 2.50 bits per heavy atom. The van der Waals surface area contributed by atoms with Gasteiger partial charge >= 0.3 is 6.09 Å². The van der Waals surface area contributed by atoms with Crippen molar-refractivity contribution in [3.05, 3.63) is 12.2 Å². The van der Waals surface area contributed by atoms with Crippen molar-refractivity contribution in [2.75, 3.05) is 13.2 Å². The first-order chi connectivity index (χ1) is 4.75. The predicted molar refractivity (Wildman–Crippen MR) is 34.7 cm³/mol. The molecule has 10 heavy (non-hydrogen) atoms. The summed E-state index contributed by atoms with van der Waals surface area (Å²) in [6.45, 7) is 0.253. The minimum atomic E-state index is -0.982. The van der Waals surface area contributed by atoms with Gasteiger partial charge in [-0.2, -0.15) is 0 Å². The van der Waals surface area contributed by atoms with Crippen molar-refractivity contribution in [2.24, 2.45) is 0 Å². The molecule has 1 aliphatic rings. The summed E-state index contributed by atoms with van der Waals surface area (Å²) in [6, 6.07) is -0.336. The zero-order chi connectivity index (χ0) is 7.56. The highest BCUT2D eigenvalue weighted by Crippen LogP contribution is 2.08. The molecule has 1 unspecified atom stereocenters. The van der Waals surface area contributed by atoms with Crippen LogP contribution in [0.25, 0.3) is 0 Å². The normalized spacial score (nSPS) is 23.7. The lowest BCUT2D eigenvalue weighted by molar-refractivity contribution is 0.125. The Kier molecular flexibility index (Phi) is 1.91. The van der Waals surface area contributed by atoms with Crippen LogP contribution in [0.5, 0.6) is 0 Å². The Bertz CT molecular complexity index is 166. The molecule has 0 saturated carbocycles. The van der Waals surface area contributed by atoms with Crippen molar-refractivity contribution < 1.29 is 15.0 Å². The van der Waals surface area contributed by atoms with E-state index in [-0.39, 0.29) is 12.6 Å². The second kappa shape index (κ2) is 2.70. The van der Waals surface area contributed by atoms with Crippen LogP contribution in [0.2, 0.25) is 0 Å². The fraction of sp³-hybridized carbons (Fsp3) is 0.500. The largest absolute Gasteiger partial charge is 0.465 e. The molecule has 1 amide bonds. The van der Waals surface area contributed by atoms with E-state index in [1.807, 2.05) is 0 Å². The molecule has 0 bridgehead atoms. The number of aliphatic hydroxyl groups is 1. The van der Waals surface area contributed by atoms with Crippen LogP contribution in [0.1, 0.15) is 0 Å². The highest BCUT2D eigenvalue weighted by atomic mass is 16.4. The summed E-state index contributed by atoms with van der Waals surface area (Å²) in [6.07, 6.45) is 2.44. The molecule has 0 spiro atoms. The van der Waals surface area contributed by atoms with E-state index in [9.17, 15) is 4.79 Å². The molecule has 0 radical (unpaired) electrons. The summed E-state index contributed by atoms with van der Waals surface area (Å²) in [4.78, 5) is 11.5. The van der Waals surface area contributed by atoms with E-state index in [0.29, 0.717) is 6.54 Å². The molecule has 4 nitrogen and oxygen atoms in total. The van der Waals surface area contributed by atoms with E-state index >= 15 is 0 Å². The Morgan fingerprint density at radius 3 is 2.90 bits per heavy atom. The second-order valence-electron chi connectivity index (χ2n) is 2.11. The number of amides is 1. The SMILES string of the molecule is O=C(O)N1CC=CC1CO. The van der Waals surface area contributed by atoms with Crippen molar-refractivity contribution in [1.82, 2.24) is 4.90 Å². The van der Waals surface area contributed by atoms with Crippen LogP contribution in [0.3, 0.4) is 0 Å². The van der Waals surface area contributed by atoms with E-state index in [2.05, 4.69) is 0 Å². The molecular formula is C6H9NO3. The quantitative estimate of drug-likeness (QED) is 0.504. The molecule has 0 aromatic heterocycles.